The Morgan fingerprint density at radius 2 is 1.96 bits per heavy atom. The fourth-order valence-corrected chi connectivity index (χ4v) is 4.60. The number of hydrogen-bond acceptors (Lipinski definition) is 3. The van der Waals surface area contributed by atoms with Gasteiger partial charge in [0, 0.05) is 28.9 Å². The number of pyridine rings is 1. The van der Waals surface area contributed by atoms with E-state index in [2.05, 4.69) is 35.8 Å². The zero-order valence-electron chi connectivity index (χ0n) is 16.4. The van der Waals surface area contributed by atoms with E-state index in [9.17, 15) is 4.79 Å². The molecule has 4 nitrogen and oxygen atoms in total. The predicted octanol–water partition coefficient (Wildman–Crippen LogP) is 5.15. The van der Waals surface area contributed by atoms with Gasteiger partial charge in [0.25, 0.3) is 0 Å². The Kier molecular flexibility index (Phi) is 3.76. The fraction of sp³-hybridized carbons (Fsp3) is 0.250. The van der Waals surface area contributed by atoms with Crippen molar-refractivity contribution in [1.82, 2.24) is 9.55 Å². The molecule has 0 bridgehead atoms. The molecule has 0 aliphatic carbocycles. The first-order chi connectivity index (χ1) is 13.6. The average molecular weight is 370 g/mol. The molecule has 0 fully saturated rings. The molecule has 0 saturated carbocycles. The van der Waals surface area contributed by atoms with Crippen LogP contribution in [0.3, 0.4) is 0 Å². The van der Waals surface area contributed by atoms with Crippen molar-refractivity contribution in [2.45, 2.75) is 26.7 Å². The maximum atomic E-state index is 12.1. The minimum absolute atomic E-state index is 0.670. The molecule has 0 amide bonds. The summed E-state index contributed by atoms with van der Waals surface area (Å²) in [5, 5.41) is 2.17. The summed E-state index contributed by atoms with van der Waals surface area (Å²) < 4.78 is 7.97. The lowest BCUT2D eigenvalue weighted by Gasteiger charge is -2.22. The Balaban J connectivity index is 1.97. The van der Waals surface area contributed by atoms with Gasteiger partial charge in [0.2, 0.25) is 0 Å². The van der Waals surface area contributed by atoms with Gasteiger partial charge in [-0.15, -0.1) is 0 Å². The van der Waals surface area contributed by atoms with Crippen LogP contribution >= 0.6 is 0 Å². The SMILES string of the molecule is Cc1nc2c(c(-c3ccc4c(c3C)CCCO4)c1C=O)c1ccccc1n2C. The summed E-state index contributed by atoms with van der Waals surface area (Å²) in [7, 11) is 2.04. The topological polar surface area (TPSA) is 44.1 Å². The van der Waals surface area contributed by atoms with Crippen LogP contribution in [0.2, 0.25) is 0 Å². The summed E-state index contributed by atoms with van der Waals surface area (Å²) >= 11 is 0. The number of aromatic nitrogens is 2. The number of para-hydroxylation sites is 1. The lowest BCUT2D eigenvalue weighted by molar-refractivity contribution is 0.112. The van der Waals surface area contributed by atoms with Gasteiger partial charge < -0.3 is 9.30 Å². The van der Waals surface area contributed by atoms with Crippen molar-refractivity contribution in [3.8, 4) is 16.9 Å². The summed E-state index contributed by atoms with van der Waals surface area (Å²) in [6, 6.07) is 12.4. The number of carbonyl (C=O) groups excluding carboxylic acids is 1. The monoisotopic (exact) mass is 370 g/mol. The summed E-state index contributed by atoms with van der Waals surface area (Å²) in [5.74, 6) is 0.972. The smallest absolute Gasteiger partial charge is 0.152 e. The van der Waals surface area contributed by atoms with E-state index in [1.807, 2.05) is 26.1 Å². The number of hydrogen-bond donors (Lipinski definition) is 0. The van der Waals surface area contributed by atoms with Gasteiger partial charge in [0.1, 0.15) is 11.4 Å². The van der Waals surface area contributed by atoms with Gasteiger partial charge in [-0.05, 0) is 55.5 Å². The molecule has 0 N–H and O–H groups in total. The maximum Gasteiger partial charge on any atom is 0.152 e. The van der Waals surface area contributed by atoms with Crippen LogP contribution in [-0.2, 0) is 13.5 Å². The zero-order valence-corrected chi connectivity index (χ0v) is 16.4. The van der Waals surface area contributed by atoms with Crippen molar-refractivity contribution in [2.75, 3.05) is 6.61 Å². The highest BCUT2D eigenvalue weighted by molar-refractivity contribution is 6.17. The molecule has 4 aromatic rings. The van der Waals surface area contributed by atoms with E-state index in [0.717, 1.165) is 70.2 Å². The molecule has 0 saturated heterocycles. The number of ether oxygens (including phenoxy) is 1. The quantitative estimate of drug-likeness (QED) is 0.459. The highest BCUT2D eigenvalue weighted by Gasteiger charge is 2.23. The highest BCUT2D eigenvalue weighted by atomic mass is 16.5. The molecule has 140 valence electrons. The Morgan fingerprint density at radius 1 is 1.14 bits per heavy atom. The summed E-state index contributed by atoms with van der Waals surface area (Å²) in [5.41, 5.74) is 7.99. The first-order valence-electron chi connectivity index (χ1n) is 9.70. The summed E-state index contributed by atoms with van der Waals surface area (Å²) in [4.78, 5) is 16.9. The van der Waals surface area contributed by atoms with Gasteiger partial charge in [0.05, 0.1) is 17.8 Å². The lowest BCUT2D eigenvalue weighted by atomic mass is 9.88. The molecule has 2 aromatic carbocycles. The first-order valence-corrected chi connectivity index (χ1v) is 9.70. The zero-order chi connectivity index (χ0) is 19.4. The molecular weight excluding hydrogens is 348 g/mol. The molecule has 4 heteroatoms. The van der Waals surface area contributed by atoms with E-state index in [1.165, 1.54) is 11.1 Å². The number of carbonyl (C=O) groups is 1. The van der Waals surface area contributed by atoms with E-state index >= 15 is 0 Å². The van der Waals surface area contributed by atoms with Crippen LogP contribution in [0.1, 0.15) is 33.6 Å². The second kappa shape index (κ2) is 6.20. The number of aryl methyl sites for hydroxylation is 2. The van der Waals surface area contributed by atoms with Crippen molar-refractivity contribution in [3.05, 3.63) is 58.8 Å². The highest BCUT2D eigenvalue weighted by Crippen LogP contribution is 2.42. The number of aldehydes is 1. The molecule has 0 spiro atoms. The largest absolute Gasteiger partial charge is 0.493 e. The van der Waals surface area contributed by atoms with Gasteiger partial charge in [-0.3, -0.25) is 4.79 Å². The average Bonchev–Trinajstić information content (AvgIpc) is 3.00. The second-order valence-corrected chi connectivity index (χ2v) is 7.55. The van der Waals surface area contributed by atoms with Crippen LogP contribution in [0.15, 0.2) is 36.4 Å². The number of benzene rings is 2. The molecule has 28 heavy (non-hydrogen) atoms. The summed E-state index contributed by atoms with van der Waals surface area (Å²) in [6.45, 7) is 4.83. The predicted molar refractivity (Wildman–Crippen MR) is 112 cm³/mol. The van der Waals surface area contributed by atoms with Gasteiger partial charge in [0.15, 0.2) is 6.29 Å². The van der Waals surface area contributed by atoms with E-state index in [0.29, 0.717) is 5.56 Å². The maximum absolute atomic E-state index is 12.1. The molecule has 5 rings (SSSR count). The van der Waals surface area contributed by atoms with E-state index in [4.69, 9.17) is 9.72 Å². The third kappa shape index (κ3) is 2.24. The Hall–Kier alpha value is -3.14. The van der Waals surface area contributed by atoms with Crippen LogP contribution in [-0.4, -0.2) is 22.4 Å². The normalized spacial score (nSPS) is 13.5. The van der Waals surface area contributed by atoms with Crippen LogP contribution in [0, 0.1) is 13.8 Å². The third-order valence-electron chi connectivity index (χ3n) is 6.03. The Labute approximate surface area is 163 Å². The van der Waals surface area contributed by atoms with Crippen molar-refractivity contribution in [3.63, 3.8) is 0 Å². The van der Waals surface area contributed by atoms with E-state index in [1.54, 1.807) is 0 Å². The Morgan fingerprint density at radius 3 is 2.79 bits per heavy atom. The molecule has 3 heterocycles. The third-order valence-corrected chi connectivity index (χ3v) is 6.03. The molecule has 0 unspecified atom stereocenters. The molecule has 2 aromatic heterocycles. The van der Waals surface area contributed by atoms with Crippen LogP contribution in [0.25, 0.3) is 33.1 Å². The van der Waals surface area contributed by atoms with Crippen LogP contribution < -0.4 is 4.74 Å². The molecule has 1 aliphatic heterocycles. The van der Waals surface area contributed by atoms with Crippen molar-refractivity contribution in [1.29, 1.82) is 0 Å². The lowest BCUT2D eigenvalue weighted by Crippen LogP contribution is -2.10. The van der Waals surface area contributed by atoms with Gasteiger partial charge in [-0.1, -0.05) is 24.3 Å². The van der Waals surface area contributed by atoms with Gasteiger partial charge >= 0.3 is 0 Å². The minimum atomic E-state index is 0.670. The fourth-order valence-electron chi connectivity index (χ4n) is 4.60. The van der Waals surface area contributed by atoms with Gasteiger partial charge in [-0.2, -0.15) is 0 Å². The standard InChI is InChI=1S/C24H22N2O2/c1-14-16-8-6-12-28-21(16)11-10-17(14)22-19(13-27)15(2)25-24-23(22)18-7-4-5-9-20(18)26(24)3/h4-5,7,9-11,13H,6,8,12H2,1-3H3. The van der Waals surface area contributed by atoms with Crippen LogP contribution in [0.5, 0.6) is 5.75 Å². The van der Waals surface area contributed by atoms with Crippen molar-refractivity contribution >= 4 is 28.2 Å². The number of nitrogens with zero attached hydrogens (tertiary/aromatic N) is 2. The van der Waals surface area contributed by atoms with Crippen molar-refractivity contribution in [2.24, 2.45) is 7.05 Å². The van der Waals surface area contributed by atoms with Crippen LogP contribution in [0.4, 0.5) is 0 Å². The summed E-state index contributed by atoms with van der Waals surface area (Å²) in [6.07, 6.45) is 2.99. The molecule has 0 atom stereocenters. The minimum Gasteiger partial charge on any atom is -0.493 e. The van der Waals surface area contributed by atoms with Gasteiger partial charge in [-0.25, -0.2) is 4.98 Å². The van der Waals surface area contributed by atoms with E-state index in [-0.39, 0.29) is 0 Å². The number of fused-ring (bicyclic) bond motifs is 4. The molecular formula is C24H22N2O2. The Bertz CT molecular complexity index is 1270. The van der Waals surface area contributed by atoms with E-state index < -0.39 is 0 Å². The van der Waals surface area contributed by atoms with Crippen molar-refractivity contribution < 1.29 is 9.53 Å². The molecule has 1 aliphatic rings. The first kappa shape index (κ1) is 17.0. The second-order valence-electron chi connectivity index (χ2n) is 7.55. The number of rotatable bonds is 2. The molecule has 0 radical (unpaired) electrons.